The Morgan fingerprint density at radius 1 is 1.24 bits per heavy atom. The molecule has 0 heterocycles. The minimum absolute atomic E-state index is 0.00173. The molecule has 0 aromatic heterocycles. The maximum Gasteiger partial charge on any atom is 0.441 e. The molecule has 1 aromatic carbocycles. The van der Waals surface area contributed by atoms with Gasteiger partial charge in [-0.2, -0.15) is 13.2 Å². The first kappa shape index (κ1) is 14.7. The van der Waals surface area contributed by atoms with Crippen LogP contribution in [0, 0.1) is 0 Å². The number of alkyl halides is 3. The van der Waals surface area contributed by atoms with Gasteiger partial charge >= 0.3 is 5.51 Å². The second-order valence-electron chi connectivity index (χ2n) is 3.67. The predicted molar refractivity (Wildman–Crippen MR) is 66.3 cm³/mol. The predicted octanol–water partition coefficient (Wildman–Crippen LogP) is 3.85. The Morgan fingerprint density at radius 3 is 2.35 bits per heavy atom. The zero-order valence-electron chi connectivity index (χ0n) is 9.01. The summed E-state index contributed by atoms with van der Waals surface area (Å²) in [5, 5.41) is 0.634. The summed E-state index contributed by atoms with van der Waals surface area (Å²) in [5.41, 5.74) is 2.58. The maximum atomic E-state index is 11.9. The maximum absolute atomic E-state index is 11.9. The number of nitrogens with two attached hydrogens (primary N) is 1. The minimum Gasteiger partial charge on any atom is -0.327 e. The molecule has 0 spiro atoms. The van der Waals surface area contributed by atoms with Crippen LogP contribution >= 0.6 is 23.4 Å². The molecule has 1 rings (SSSR count). The van der Waals surface area contributed by atoms with Gasteiger partial charge < -0.3 is 5.73 Å². The van der Waals surface area contributed by atoms with Crippen LogP contribution in [0.25, 0.3) is 0 Å². The van der Waals surface area contributed by atoms with Crippen LogP contribution in [0.5, 0.6) is 0 Å². The fourth-order valence-electron chi connectivity index (χ4n) is 1.35. The van der Waals surface area contributed by atoms with Gasteiger partial charge in [-0.05, 0) is 30.5 Å². The zero-order valence-corrected chi connectivity index (χ0v) is 10.6. The highest BCUT2D eigenvalue weighted by Crippen LogP contribution is 2.30. The van der Waals surface area contributed by atoms with Crippen LogP contribution in [0.1, 0.15) is 12.0 Å². The van der Waals surface area contributed by atoms with E-state index in [1.807, 2.05) is 12.1 Å². The van der Waals surface area contributed by atoms with E-state index in [4.69, 9.17) is 17.3 Å². The SMILES string of the molecule is NC(CCSC(F)(F)F)Cc1ccc(Cl)cc1. The van der Waals surface area contributed by atoms with Crippen LogP contribution in [0.4, 0.5) is 13.2 Å². The third kappa shape index (κ3) is 6.81. The Labute approximate surface area is 108 Å². The molecule has 17 heavy (non-hydrogen) atoms. The molecule has 96 valence electrons. The van der Waals surface area contributed by atoms with Crippen LogP contribution in [-0.4, -0.2) is 17.3 Å². The summed E-state index contributed by atoms with van der Waals surface area (Å²) in [6.45, 7) is 0. The lowest BCUT2D eigenvalue weighted by molar-refractivity contribution is -0.0328. The number of hydrogen-bond acceptors (Lipinski definition) is 2. The monoisotopic (exact) mass is 283 g/mol. The van der Waals surface area contributed by atoms with Crippen LogP contribution in [0.2, 0.25) is 5.02 Å². The lowest BCUT2D eigenvalue weighted by atomic mass is 10.1. The van der Waals surface area contributed by atoms with Gasteiger partial charge in [0.2, 0.25) is 0 Å². The summed E-state index contributed by atoms with van der Waals surface area (Å²) in [6, 6.07) is 6.89. The van der Waals surface area contributed by atoms with E-state index in [0.29, 0.717) is 17.9 Å². The Balaban J connectivity index is 2.30. The van der Waals surface area contributed by atoms with Crippen molar-refractivity contribution in [1.29, 1.82) is 0 Å². The van der Waals surface area contributed by atoms with Crippen molar-refractivity contribution in [2.45, 2.75) is 24.4 Å². The van der Waals surface area contributed by atoms with Crippen LogP contribution in [-0.2, 0) is 6.42 Å². The molecule has 0 aliphatic rings. The lowest BCUT2D eigenvalue weighted by Gasteiger charge is -2.12. The van der Waals surface area contributed by atoms with Crippen molar-refractivity contribution in [2.75, 3.05) is 5.75 Å². The van der Waals surface area contributed by atoms with Gasteiger partial charge in [0.05, 0.1) is 0 Å². The third-order valence-corrected chi connectivity index (χ3v) is 3.18. The Hall–Kier alpha value is -0.390. The molecule has 1 atom stereocenters. The van der Waals surface area contributed by atoms with E-state index in [-0.39, 0.29) is 23.6 Å². The van der Waals surface area contributed by atoms with Crippen molar-refractivity contribution >= 4 is 23.4 Å². The Kier molecular flexibility index (Phi) is 5.62. The molecular weight excluding hydrogens is 271 g/mol. The molecule has 6 heteroatoms. The van der Waals surface area contributed by atoms with Crippen LogP contribution in [0.3, 0.4) is 0 Å². The number of halogens is 4. The van der Waals surface area contributed by atoms with Gasteiger partial charge in [0, 0.05) is 16.8 Å². The molecule has 1 aromatic rings. The van der Waals surface area contributed by atoms with Gasteiger partial charge in [-0.3, -0.25) is 0 Å². The number of thioether (sulfide) groups is 1. The van der Waals surface area contributed by atoms with E-state index >= 15 is 0 Å². The average Bonchev–Trinajstić information content (AvgIpc) is 2.19. The highest BCUT2D eigenvalue weighted by molar-refractivity contribution is 8.00. The summed E-state index contributed by atoms with van der Waals surface area (Å²) in [5.74, 6) is -0.00173. The first-order valence-corrected chi connectivity index (χ1v) is 6.44. The molecule has 1 unspecified atom stereocenters. The topological polar surface area (TPSA) is 26.0 Å². The second-order valence-corrected chi connectivity index (χ2v) is 5.27. The normalized spacial score (nSPS) is 13.7. The van der Waals surface area contributed by atoms with E-state index < -0.39 is 5.51 Å². The molecule has 0 aliphatic carbocycles. The average molecular weight is 284 g/mol. The highest BCUT2D eigenvalue weighted by Gasteiger charge is 2.27. The number of hydrogen-bond donors (Lipinski definition) is 1. The minimum atomic E-state index is -4.17. The van der Waals surface area contributed by atoms with Crippen molar-refractivity contribution in [3.63, 3.8) is 0 Å². The molecular formula is C11H13ClF3NS. The van der Waals surface area contributed by atoms with Gasteiger partial charge in [-0.25, -0.2) is 0 Å². The molecule has 0 saturated heterocycles. The molecule has 0 amide bonds. The van der Waals surface area contributed by atoms with Crippen molar-refractivity contribution in [3.05, 3.63) is 34.9 Å². The van der Waals surface area contributed by atoms with Crippen LogP contribution in [0.15, 0.2) is 24.3 Å². The van der Waals surface area contributed by atoms with Crippen molar-refractivity contribution in [1.82, 2.24) is 0 Å². The van der Waals surface area contributed by atoms with Gasteiger partial charge in [0.1, 0.15) is 0 Å². The second kappa shape index (κ2) is 6.52. The molecule has 0 bridgehead atoms. The Bertz CT molecular complexity index is 340. The van der Waals surface area contributed by atoms with Gasteiger partial charge in [-0.15, -0.1) is 0 Å². The largest absolute Gasteiger partial charge is 0.441 e. The molecule has 0 saturated carbocycles. The third-order valence-electron chi connectivity index (χ3n) is 2.17. The Morgan fingerprint density at radius 2 is 1.82 bits per heavy atom. The standard InChI is InChI=1S/C11H13ClF3NS/c12-9-3-1-8(2-4-9)7-10(16)5-6-17-11(13,14)15/h1-4,10H,5-7,16H2. The fraction of sp³-hybridized carbons (Fsp3) is 0.455. The summed E-state index contributed by atoms with van der Waals surface area (Å²) in [4.78, 5) is 0. The first-order valence-electron chi connectivity index (χ1n) is 5.07. The van der Waals surface area contributed by atoms with Gasteiger partial charge in [0.25, 0.3) is 0 Å². The van der Waals surface area contributed by atoms with E-state index in [9.17, 15) is 13.2 Å². The van der Waals surface area contributed by atoms with Crippen molar-refractivity contribution in [2.24, 2.45) is 5.73 Å². The van der Waals surface area contributed by atoms with E-state index in [2.05, 4.69) is 0 Å². The fourth-order valence-corrected chi connectivity index (χ4v) is 2.13. The quantitative estimate of drug-likeness (QED) is 0.888. The van der Waals surface area contributed by atoms with Crippen molar-refractivity contribution in [3.8, 4) is 0 Å². The summed E-state index contributed by atoms with van der Waals surface area (Å²) >= 11 is 5.70. The number of benzene rings is 1. The van der Waals surface area contributed by atoms with Gasteiger partial charge in [-0.1, -0.05) is 35.5 Å². The molecule has 0 radical (unpaired) electrons. The molecule has 0 fully saturated rings. The lowest BCUT2D eigenvalue weighted by Crippen LogP contribution is -2.24. The highest BCUT2D eigenvalue weighted by atomic mass is 35.5. The molecule has 0 aliphatic heterocycles. The zero-order chi connectivity index (χ0) is 12.9. The van der Waals surface area contributed by atoms with E-state index in [1.165, 1.54) is 0 Å². The van der Waals surface area contributed by atoms with E-state index in [1.54, 1.807) is 12.1 Å². The van der Waals surface area contributed by atoms with Crippen LogP contribution < -0.4 is 5.73 Å². The summed E-state index contributed by atoms with van der Waals surface area (Å²) < 4.78 is 35.7. The molecule has 1 nitrogen and oxygen atoms in total. The van der Waals surface area contributed by atoms with Crippen molar-refractivity contribution < 1.29 is 13.2 Å². The summed E-state index contributed by atoms with van der Waals surface area (Å²) in [6.07, 6.45) is 0.905. The van der Waals surface area contributed by atoms with Gasteiger partial charge in [0.15, 0.2) is 0 Å². The smallest absolute Gasteiger partial charge is 0.327 e. The molecule has 2 N–H and O–H groups in total. The number of rotatable bonds is 5. The van der Waals surface area contributed by atoms with E-state index in [0.717, 1.165) is 5.56 Å². The first-order chi connectivity index (χ1) is 7.87. The summed E-state index contributed by atoms with van der Waals surface area (Å²) in [7, 11) is 0.